The molecule has 1 saturated carbocycles. The summed E-state index contributed by atoms with van der Waals surface area (Å²) < 4.78 is 0. The summed E-state index contributed by atoms with van der Waals surface area (Å²) in [7, 11) is 0. The van der Waals surface area contributed by atoms with Gasteiger partial charge in [-0.2, -0.15) is 0 Å². The number of rotatable bonds is 1. The Morgan fingerprint density at radius 3 is 2.40 bits per heavy atom. The summed E-state index contributed by atoms with van der Waals surface area (Å²) in [5.74, 6) is 0. The van der Waals surface area contributed by atoms with Crippen molar-refractivity contribution >= 4 is 5.71 Å². The van der Waals surface area contributed by atoms with E-state index in [4.69, 9.17) is 5.21 Å². The zero-order valence-electron chi connectivity index (χ0n) is 9.49. The highest BCUT2D eigenvalue weighted by Crippen LogP contribution is 2.23. The van der Waals surface area contributed by atoms with Crippen LogP contribution in [0.4, 0.5) is 0 Å². The molecule has 0 aromatic carbocycles. The fraction of sp³-hybridized carbons (Fsp3) is 0.917. The molecule has 1 heterocycles. The second-order valence-electron chi connectivity index (χ2n) is 4.80. The zero-order chi connectivity index (χ0) is 10.5. The van der Waals surface area contributed by atoms with Crippen molar-refractivity contribution in [2.45, 2.75) is 57.4 Å². The van der Waals surface area contributed by atoms with Crippen molar-refractivity contribution in [2.75, 3.05) is 13.1 Å². The Bertz CT molecular complexity index is 220. The lowest BCUT2D eigenvalue weighted by Crippen LogP contribution is -2.43. The van der Waals surface area contributed by atoms with E-state index in [9.17, 15) is 0 Å². The summed E-state index contributed by atoms with van der Waals surface area (Å²) in [6.45, 7) is 2.40. The van der Waals surface area contributed by atoms with E-state index in [1.165, 1.54) is 58.0 Å². The minimum atomic E-state index is 0.446. The first-order valence-electron chi connectivity index (χ1n) is 6.36. The van der Waals surface area contributed by atoms with Gasteiger partial charge in [0.2, 0.25) is 0 Å². The van der Waals surface area contributed by atoms with E-state index in [0.29, 0.717) is 6.04 Å². The maximum absolute atomic E-state index is 9.02. The van der Waals surface area contributed by atoms with Crippen molar-refractivity contribution in [2.24, 2.45) is 5.16 Å². The van der Waals surface area contributed by atoms with Crippen molar-refractivity contribution in [3.63, 3.8) is 0 Å². The van der Waals surface area contributed by atoms with Crippen LogP contribution in [0.5, 0.6) is 0 Å². The lowest BCUT2D eigenvalue weighted by Gasteiger charge is -2.33. The van der Waals surface area contributed by atoms with Crippen LogP contribution in [0.25, 0.3) is 0 Å². The molecule has 0 aromatic heterocycles. The van der Waals surface area contributed by atoms with Gasteiger partial charge in [-0.25, -0.2) is 0 Å². The molecule has 0 aromatic rings. The van der Waals surface area contributed by atoms with Crippen molar-refractivity contribution in [1.29, 1.82) is 0 Å². The molecular formula is C12H22N2O. The number of oxime groups is 1. The lowest BCUT2D eigenvalue weighted by molar-refractivity contribution is 0.220. The second kappa shape index (κ2) is 5.50. The van der Waals surface area contributed by atoms with Crippen molar-refractivity contribution < 1.29 is 5.21 Å². The molecule has 15 heavy (non-hydrogen) atoms. The SMILES string of the molecule is O/N=C1/CCCCC1N1CCCCCC1. The van der Waals surface area contributed by atoms with Crippen LogP contribution < -0.4 is 0 Å². The minimum Gasteiger partial charge on any atom is -0.411 e. The molecule has 2 fully saturated rings. The summed E-state index contributed by atoms with van der Waals surface area (Å²) in [5.41, 5.74) is 1.03. The van der Waals surface area contributed by atoms with Crippen LogP contribution in [0.15, 0.2) is 5.16 Å². The smallest absolute Gasteiger partial charge is 0.0742 e. The molecular weight excluding hydrogens is 188 g/mol. The van der Waals surface area contributed by atoms with Gasteiger partial charge in [-0.05, 0) is 45.2 Å². The molecule has 0 amide bonds. The van der Waals surface area contributed by atoms with Gasteiger partial charge >= 0.3 is 0 Å². The predicted octanol–water partition coefficient (Wildman–Crippen LogP) is 2.64. The van der Waals surface area contributed by atoms with E-state index in [1.807, 2.05) is 0 Å². The van der Waals surface area contributed by atoms with Crippen LogP contribution in [-0.4, -0.2) is 35.0 Å². The molecule has 0 radical (unpaired) electrons. The summed E-state index contributed by atoms with van der Waals surface area (Å²) in [6.07, 6.45) is 10.1. The monoisotopic (exact) mass is 210 g/mol. The first-order valence-corrected chi connectivity index (χ1v) is 6.36. The first kappa shape index (κ1) is 10.9. The standard InChI is InChI=1S/C12H22N2O/c15-13-11-7-3-4-8-12(11)14-9-5-1-2-6-10-14/h12,15H,1-10H2/b13-11-. The van der Waals surface area contributed by atoms with Crippen LogP contribution >= 0.6 is 0 Å². The molecule has 1 aliphatic carbocycles. The molecule has 3 heteroatoms. The van der Waals surface area contributed by atoms with Gasteiger partial charge in [-0.15, -0.1) is 0 Å². The van der Waals surface area contributed by atoms with Crippen LogP contribution in [0.2, 0.25) is 0 Å². The zero-order valence-corrected chi connectivity index (χ0v) is 9.49. The highest BCUT2D eigenvalue weighted by Gasteiger charge is 2.27. The first-order chi connectivity index (χ1) is 7.42. The third-order valence-electron chi connectivity index (χ3n) is 3.75. The fourth-order valence-corrected chi connectivity index (χ4v) is 2.89. The van der Waals surface area contributed by atoms with Crippen LogP contribution in [-0.2, 0) is 0 Å². The molecule has 86 valence electrons. The van der Waals surface area contributed by atoms with Gasteiger partial charge in [0.1, 0.15) is 0 Å². The minimum absolute atomic E-state index is 0.446. The van der Waals surface area contributed by atoms with Crippen LogP contribution in [0.1, 0.15) is 51.4 Å². The number of hydrogen-bond acceptors (Lipinski definition) is 3. The van der Waals surface area contributed by atoms with Gasteiger partial charge < -0.3 is 5.21 Å². The molecule has 1 unspecified atom stereocenters. The average molecular weight is 210 g/mol. The lowest BCUT2D eigenvalue weighted by atomic mass is 9.92. The molecule has 2 rings (SSSR count). The largest absolute Gasteiger partial charge is 0.411 e. The van der Waals surface area contributed by atoms with Gasteiger partial charge in [-0.3, -0.25) is 4.90 Å². The summed E-state index contributed by atoms with van der Waals surface area (Å²) in [6, 6.07) is 0.446. The Balaban J connectivity index is 1.99. The van der Waals surface area contributed by atoms with Crippen molar-refractivity contribution in [1.82, 2.24) is 4.90 Å². The third kappa shape index (κ3) is 2.71. The van der Waals surface area contributed by atoms with Crippen LogP contribution in [0.3, 0.4) is 0 Å². The van der Waals surface area contributed by atoms with E-state index >= 15 is 0 Å². The summed E-state index contributed by atoms with van der Waals surface area (Å²) in [5, 5.41) is 12.5. The quantitative estimate of drug-likeness (QED) is 0.533. The topological polar surface area (TPSA) is 35.8 Å². The Morgan fingerprint density at radius 2 is 1.73 bits per heavy atom. The predicted molar refractivity (Wildman–Crippen MR) is 61.5 cm³/mol. The van der Waals surface area contributed by atoms with E-state index in [1.54, 1.807) is 0 Å². The Morgan fingerprint density at radius 1 is 1.00 bits per heavy atom. The molecule has 2 aliphatic rings. The molecule has 1 saturated heterocycles. The second-order valence-corrected chi connectivity index (χ2v) is 4.80. The number of likely N-dealkylation sites (tertiary alicyclic amines) is 1. The summed E-state index contributed by atoms with van der Waals surface area (Å²) >= 11 is 0. The molecule has 0 bridgehead atoms. The maximum Gasteiger partial charge on any atom is 0.0742 e. The Labute approximate surface area is 92.1 Å². The van der Waals surface area contributed by atoms with E-state index in [2.05, 4.69) is 10.1 Å². The highest BCUT2D eigenvalue weighted by molar-refractivity contribution is 5.89. The Hall–Kier alpha value is -0.570. The molecule has 1 N–H and O–H groups in total. The average Bonchev–Trinajstić information content (AvgIpc) is 2.57. The maximum atomic E-state index is 9.02. The van der Waals surface area contributed by atoms with Gasteiger partial charge in [0.05, 0.1) is 11.8 Å². The fourth-order valence-electron chi connectivity index (χ4n) is 2.89. The normalized spacial score (nSPS) is 32.8. The molecule has 0 spiro atoms. The van der Waals surface area contributed by atoms with E-state index < -0.39 is 0 Å². The molecule has 1 aliphatic heterocycles. The number of hydrogen-bond donors (Lipinski definition) is 1. The summed E-state index contributed by atoms with van der Waals surface area (Å²) in [4.78, 5) is 2.54. The van der Waals surface area contributed by atoms with Crippen molar-refractivity contribution in [3.8, 4) is 0 Å². The van der Waals surface area contributed by atoms with Crippen LogP contribution in [0, 0.1) is 0 Å². The molecule has 3 nitrogen and oxygen atoms in total. The number of nitrogens with zero attached hydrogens (tertiary/aromatic N) is 2. The van der Waals surface area contributed by atoms with E-state index in [-0.39, 0.29) is 0 Å². The van der Waals surface area contributed by atoms with Crippen molar-refractivity contribution in [3.05, 3.63) is 0 Å². The van der Waals surface area contributed by atoms with Gasteiger partial charge in [0.25, 0.3) is 0 Å². The van der Waals surface area contributed by atoms with Gasteiger partial charge in [0.15, 0.2) is 0 Å². The molecule has 1 atom stereocenters. The highest BCUT2D eigenvalue weighted by atomic mass is 16.4. The third-order valence-corrected chi connectivity index (χ3v) is 3.75. The Kier molecular flexibility index (Phi) is 4.01. The van der Waals surface area contributed by atoms with Gasteiger partial charge in [-0.1, -0.05) is 24.4 Å². The van der Waals surface area contributed by atoms with E-state index in [0.717, 1.165) is 12.1 Å². The van der Waals surface area contributed by atoms with Gasteiger partial charge in [0, 0.05) is 0 Å².